The van der Waals surface area contributed by atoms with Crippen molar-refractivity contribution in [2.75, 3.05) is 36.4 Å². The first-order valence-corrected chi connectivity index (χ1v) is 10.0. The van der Waals surface area contributed by atoms with Gasteiger partial charge in [0.25, 0.3) is 5.91 Å². The molecule has 2 N–H and O–H groups in total. The first-order valence-electron chi connectivity index (χ1n) is 10.0. The number of fused-ring (bicyclic) bond motifs is 1. The van der Waals surface area contributed by atoms with Gasteiger partial charge in [-0.25, -0.2) is 14.2 Å². The van der Waals surface area contributed by atoms with Crippen LogP contribution in [0.25, 0.3) is 0 Å². The van der Waals surface area contributed by atoms with Crippen molar-refractivity contribution in [2.24, 2.45) is 0 Å². The topological polar surface area (TPSA) is 95.0 Å². The lowest BCUT2D eigenvalue weighted by molar-refractivity contribution is -0.123. The van der Waals surface area contributed by atoms with Crippen LogP contribution >= 0.6 is 0 Å². The SMILES string of the molecule is CCC1Oc2ccc(CN3CCN(c4ccc(C(=O)O)nc4F)CC3)c(F)c2NC1=O. The number of carboxylic acids is 1. The number of nitrogens with one attached hydrogen (secondary N) is 1. The molecule has 0 aliphatic carbocycles. The van der Waals surface area contributed by atoms with Crippen LogP contribution in [0.2, 0.25) is 0 Å². The fourth-order valence-electron chi connectivity index (χ4n) is 3.79. The normalized spacial score (nSPS) is 18.9. The quantitative estimate of drug-likeness (QED) is 0.701. The van der Waals surface area contributed by atoms with Gasteiger partial charge in [0.1, 0.15) is 11.4 Å². The van der Waals surface area contributed by atoms with Crippen LogP contribution in [0.1, 0.15) is 29.4 Å². The van der Waals surface area contributed by atoms with Gasteiger partial charge < -0.3 is 20.1 Å². The smallest absolute Gasteiger partial charge is 0.354 e. The number of aromatic carboxylic acids is 1. The molecule has 2 aliphatic heterocycles. The third-order valence-corrected chi connectivity index (χ3v) is 5.52. The van der Waals surface area contributed by atoms with Gasteiger partial charge in [0, 0.05) is 38.3 Å². The third kappa shape index (κ3) is 4.15. The van der Waals surface area contributed by atoms with Crippen LogP contribution in [0, 0.1) is 11.8 Å². The molecule has 0 spiro atoms. The number of anilines is 2. The Kier molecular flexibility index (Phi) is 5.73. The Bertz CT molecular complexity index is 1020. The molecule has 4 rings (SSSR count). The maximum Gasteiger partial charge on any atom is 0.354 e. The molecule has 8 nitrogen and oxygen atoms in total. The number of carbonyl (C=O) groups excluding carboxylic acids is 1. The second kappa shape index (κ2) is 8.46. The van der Waals surface area contributed by atoms with E-state index in [0.717, 1.165) is 0 Å². The van der Waals surface area contributed by atoms with E-state index in [2.05, 4.69) is 10.3 Å². The molecule has 2 aliphatic rings. The lowest BCUT2D eigenvalue weighted by Gasteiger charge is -2.36. The van der Waals surface area contributed by atoms with Gasteiger partial charge in [0.2, 0.25) is 5.95 Å². The number of hydrogen-bond donors (Lipinski definition) is 2. The minimum atomic E-state index is -1.28. The number of carbonyl (C=O) groups is 2. The number of pyridine rings is 1. The molecule has 1 fully saturated rings. The van der Waals surface area contributed by atoms with Gasteiger partial charge in [-0.3, -0.25) is 9.69 Å². The predicted molar refractivity (Wildman–Crippen MR) is 108 cm³/mol. The minimum absolute atomic E-state index is 0.0671. The molecule has 3 heterocycles. The number of piperazine rings is 1. The number of benzene rings is 1. The molecule has 1 saturated heterocycles. The van der Waals surface area contributed by atoms with Gasteiger partial charge in [-0.05, 0) is 24.6 Å². The van der Waals surface area contributed by atoms with Gasteiger partial charge in [-0.2, -0.15) is 4.39 Å². The number of amides is 1. The number of hydrogen-bond acceptors (Lipinski definition) is 6. The largest absolute Gasteiger partial charge is 0.478 e. The van der Waals surface area contributed by atoms with E-state index in [0.29, 0.717) is 50.5 Å². The molecule has 1 unspecified atom stereocenters. The number of ether oxygens (including phenoxy) is 1. The van der Waals surface area contributed by atoms with Crippen LogP contribution in [-0.4, -0.2) is 59.1 Å². The summed E-state index contributed by atoms with van der Waals surface area (Å²) < 4.78 is 34.8. The van der Waals surface area contributed by atoms with E-state index < -0.39 is 23.8 Å². The molecular weight excluding hydrogens is 410 g/mol. The van der Waals surface area contributed by atoms with E-state index in [1.54, 1.807) is 17.0 Å². The molecule has 164 valence electrons. The summed E-state index contributed by atoms with van der Waals surface area (Å²) >= 11 is 0. The highest BCUT2D eigenvalue weighted by Gasteiger charge is 2.30. The maximum atomic E-state index is 15.0. The average Bonchev–Trinajstić information content (AvgIpc) is 2.76. The summed E-state index contributed by atoms with van der Waals surface area (Å²) in [7, 11) is 0. The summed E-state index contributed by atoms with van der Waals surface area (Å²) in [4.78, 5) is 30.2. The van der Waals surface area contributed by atoms with Crippen LogP contribution < -0.4 is 15.0 Å². The fraction of sp³-hybridized carbons (Fsp3) is 0.381. The predicted octanol–water partition coefficient (Wildman–Crippen LogP) is 2.49. The van der Waals surface area contributed by atoms with Crippen molar-refractivity contribution in [3.8, 4) is 5.75 Å². The Morgan fingerprint density at radius 1 is 1.23 bits per heavy atom. The van der Waals surface area contributed by atoms with Crippen molar-refractivity contribution in [1.29, 1.82) is 0 Å². The van der Waals surface area contributed by atoms with E-state index in [1.807, 2.05) is 11.8 Å². The van der Waals surface area contributed by atoms with Crippen molar-refractivity contribution >= 4 is 23.3 Å². The number of aromatic nitrogens is 1. The molecule has 0 saturated carbocycles. The van der Waals surface area contributed by atoms with Gasteiger partial charge in [0.15, 0.2) is 17.6 Å². The molecule has 1 aromatic carbocycles. The molecule has 1 amide bonds. The van der Waals surface area contributed by atoms with Gasteiger partial charge in [-0.15, -0.1) is 0 Å². The molecule has 0 radical (unpaired) electrons. The highest BCUT2D eigenvalue weighted by atomic mass is 19.1. The summed E-state index contributed by atoms with van der Waals surface area (Å²) in [6.07, 6.45) is -0.126. The summed E-state index contributed by atoms with van der Waals surface area (Å²) in [5.74, 6) is -2.65. The lowest BCUT2D eigenvalue weighted by atomic mass is 10.1. The summed E-state index contributed by atoms with van der Waals surface area (Å²) in [5.41, 5.74) is 0.404. The van der Waals surface area contributed by atoms with Crippen LogP contribution in [0.15, 0.2) is 24.3 Å². The van der Waals surface area contributed by atoms with Crippen molar-refractivity contribution < 1.29 is 28.2 Å². The Labute approximate surface area is 177 Å². The Hall–Kier alpha value is -3.27. The first kappa shape index (κ1) is 21.0. The first-order chi connectivity index (χ1) is 14.9. The molecule has 2 aromatic rings. The van der Waals surface area contributed by atoms with Gasteiger partial charge >= 0.3 is 5.97 Å². The van der Waals surface area contributed by atoms with Crippen LogP contribution in [0.4, 0.5) is 20.2 Å². The summed E-state index contributed by atoms with van der Waals surface area (Å²) in [5, 5.41) is 11.5. The number of nitrogens with zero attached hydrogens (tertiary/aromatic N) is 3. The zero-order valence-corrected chi connectivity index (χ0v) is 16.9. The maximum absolute atomic E-state index is 15.0. The second-order valence-corrected chi connectivity index (χ2v) is 7.49. The monoisotopic (exact) mass is 432 g/mol. The average molecular weight is 432 g/mol. The molecular formula is C21H22F2N4O4. The van der Waals surface area contributed by atoms with Crippen molar-refractivity contribution in [1.82, 2.24) is 9.88 Å². The van der Waals surface area contributed by atoms with E-state index in [-0.39, 0.29) is 23.0 Å². The van der Waals surface area contributed by atoms with E-state index in [4.69, 9.17) is 9.84 Å². The molecule has 0 bridgehead atoms. The molecule has 1 aromatic heterocycles. The number of halogens is 2. The van der Waals surface area contributed by atoms with Crippen molar-refractivity contribution in [3.05, 3.63) is 47.3 Å². The Morgan fingerprint density at radius 2 is 1.97 bits per heavy atom. The second-order valence-electron chi connectivity index (χ2n) is 7.49. The van der Waals surface area contributed by atoms with Crippen LogP contribution in [0.3, 0.4) is 0 Å². The highest BCUT2D eigenvalue weighted by Crippen LogP contribution is 2.35. The fourth-order valence-corrected chi connectivity index (χ4v) is 3.79. The summed E-state index contributed by atoms with van der Waals surface area (Å²) in [6, 6.07) is 6.00. The van der Waals surface area contributed by atoms with E-state index in [1.165, 1.54) is 12.1 Å². The van der Waals surface area contributed by atoms with Gasteiger partial charge in [0.05, 0.1) is 5.69 Å². The lowest BCUT2D eigenvalue weighted by Crippen LogP contribution is -2.46. The van der Waals surface area contributed by atoms with E-state index >= 15 is 0 Å². The standard InChI is InChI=1S/C21H22F2N4O4/c1-2-15-20(28)25-18-16(31-15)6-3-12(17(18)22)11-26-7-9-27(10-8-26)14-5-4-13(21(29)30)24-19(14)23/h3-6,15H,2,7-11H2,1H3,(H,25,28)(H,29,30). The molecule has 1 atom stereocenters. The zero-order valence-electron chi connectivity index (χ0n) is 16.9. The minimum Gasteiger partial charge on any atom is -0.478 e. The van der Waals surface area contributed by atoms with Gasteiger partial charge in [-0.1, -0.05) is 13.0 Å². The summed E-state index contributed by atoms with van der Waals surface area (Å²) in [6.45, 7) is 4.22. The molecule has 31 heavy (non-hydrogen) atoms. The van der Waals surface area contributed by atoms with Crippen LogP contribution in [0.5, 0.6) is 5.75 Å². The third-order valence-electron chi connectivity index (χ3n) is 5.52. The molecule has 10 heteroatoms. The van der Waals surface area contributed by atoms with Crippen molar-refractivity contribution in [2.45, 2.75) is 26.0 Å². The van der Waals surface area contributed by atoms with Crippen LogP contribution in [-0.2, 0) is 11.3 Å². The number of carboxylic acid groups (broad SMARTS) is 1. The highest BCUT2D eigenvalue weighted by molar-refractivity contribution is 5.98. The van der Waals surface area contributed by atoms with Crippen molar-refractivity contribution in [3.63, 3.8) is 0 Å². The zero-order chi connectivity index (χ0) is 22.1. The Balaban J connectivity index is 1.41. The number of rotatable bonds is 5. The van der Waals surface area contributed by atoms with E-state index in [9.17, 15) is 18.4 Å². The Morgan fingerprint density at radius 3 is 2.61 bits per heavy atom.